The Labute approximate surface area is 168 Å². The van der Waals surface area contributed by atoms with Gasteiger partial charge in [-0.1, -0.05) is 30.3 Å². The molecule has 7 heteroatoms. The molecule has 0 atom stereocenters. The summed E-state index contributed by atoms with van der Waals surface area (Å²) in [6.07, 6.45) is 1.77. The fourth-order valence-corrected chi connectivity index (χ4v) is 3.20. The molecule has 0 spiro atoms. The molecule has 4 aromatic rings. The Kier molecular flexibility index (Phi) is 5.11. The number of hydrogen-bond acceptors (Lipinski definition) is 5. The zero-order chi connectivity index (χ0) is 20.2. The maximum Gasteiger partial charge on any atom is 0.221 e. The summed E-state index contributed by atoms with van der Waals surface area (Å²) in [7, 11) is 1.87. The second-order valence-corrected chi connectivity index (χ2v) is 6.70. The van der Waals surface area contributed by atoms with Gasteiger partial charge in [-0.2, -0.15) is 0 Å². The molecule has 29 heavy (non-hydrogen) atoms. The zero-order valence-electron chi connectivity index (χ0n) is 16.3. The second kappa shape index (κ2) is 8.02. The number of carbonyl (C=O) groups excluding carboxylic acids is 1. The van der Waals surface area contributed by atoms with Crippen LogP contribution in [0.4, 0.5) is 23.1 Å². The predicted octanol–water partition coefficient (Wildman–Crippen LogP) is 4.22. The first kappa shape index (κ1) is 18.5. The van der Waals surface area contributed by atoms with Crippen LogP contribution in [-0.2, 0) is 11.3 Å². The Bertz CT molecular complexity index is 1140. The van der Waals surface area contributed by atoms with Crippen molar-refractivity contribution in [2.45, 2.75) is 13.5 Å². The molecule has 0 bridgehead atoms. The molecule has 2 aromatic heterocycles. The van der Waals surface area contributed by atoms with Gasteiger partial charge in [-0.05, 0) is 29.8 Å². The van der Waals surface area contributed by atoms with E-state index in [-0.39, 0.29) is 5.91 Å². The number of amides is 1. The van der Waals surface area contributed by atoms with Crippen molar-refractivity contribution in [2.24, 2.45) is 0 Å². The third-order valence-electron chi connectivity index (χ3n) is 4.52. The Morgan fingerprint density at radius 3 is 2.45 bits per heavy atom. The van der Waals surface area contributed by atoms with E-state index in [2.05, 4.69) is 42.6 Å². The molecule has 4 rings (SSSR count). The van der Waals surface area contributed by atoms with E-state index in [1.165, 1.54) is 12.5 Å². The van der Waals surface area contributed by atoms with E-state index in [0.29, 0.717) is 6.54 Å². The average Bonchev–Trinajstić information content (AvgIpc) is 3.07. The highest BCUT2D eigenvalue weighted by Gasteiger charge is 2.12. The van der Waals surface area contributed by atoms with Gasteiger partial charge in [0.1, 0.15) is 11.3 Å². The number of aromatic nitrogens is 3. The van der Waals surface area contributed by atoms with Gasteiger partial charge in [-0.15, -0.1) is 0 Å². The van der Waals surface area contributed by atoms with Crippen LogP contribution in [0.1, 0.15) is 12.5 Å². The Morgan fingerprint density at radius 2 is 1.76 bits per heavy atom. The average molecular weight is 386 g/mol. The third kappa shape index (κ3) is 4.19. The van der Waals surface area contributed by atoms with Gasteiger partial charge >= 0.3 is 0 Å². The largest absolute Gasteiger partial charge is 0.359 e. The molecule has 0 fully saturated rings. The van der Waals surface area contributed by atoms with Gasteiger partial charge in [-0.3, -0.25) is 4.79 Å². The molecule has 0 aliphatic rings. The number of nitrogens with zero attached hydrogens (tertiary/aromatic N) is 3. The smallest absolute Gasteiger partial charge is 0.221 e. The van der Waals surface area contributed by atoms with Crippen LogP contribution in [0.3, 0.4) is 0 Å². The van der Waals surface area contributed by atoms with Crippen LogP contribution >= 0.6 is 0 Å². The number of pyridine rings is 1. The number of rotatable bonds is 6. The molecule has 0 unspecified atom stereocenters. The number of imidazole rings is 1. The van der Waals surface area contributed by atoms with Crippen molar-refractivity contribution in [1.82, 2.24) is 14.5 Å². The van der Waals surface area contributed by atoms with E-state index in [4.69, 9.17) is 0 Å². The molecular weight excluding hydrogens is 364 g/mol. The molecule has 0 aliphatic heterocycles. The lowest BCUT2D eigenvalue weighted by Gasteiger charge is -2.10. The first-order valence-electron chi connectivity index (χ1n) is 9.35. The zero-order valence-corrected chi connectivity index (χ0v) is 16.3. The van der Waals surface area contributed by atoms with Crippen molar-refractivity contribution < 1.29 is 4.79 Å². The molecule has 7 nitrogen and oxygen atoms in total. The fraction of sp³-hybridized carbons (Fsp3) is 0.136. The van der Waals surface area contributed by atoms with E-state index in [1.54, 1.807) is 6.20 Å². The van der Waals surface area contributed by atoms with Crippen LogP contribution in [0.15, 0.2) is 66.9 Å². The summed E-state index contributed by atoms with van der Waals surface area (Å²) in [6.45, 7) is 2.20. The first-order chi connectivity index (χ1) is 14.1. The summed E-state index contributed by atoms with van der Waals surface area (Å²) in [5.74, 6) is 1.42. The number of fused-ring (bicyclic) bond motifs is 1. The monoisotopic (exact) mass is 386 g/mol. The minimum atomic E-state index is -0.0927. The summed E-state index contributed by atoms with van der Waals surface area (Å²) in [5.41, 5.74) is 4.66. The van der Waals surface area contributed by atoms with E-state index in [0.717, 1.165) is 34.2 Å². The number of carbonyl (C=O) groups is 1. The first-order valence-corrected chi connectivity index (χ1v) is 9.35. The highest BCUT2D eigenvalue weighted by atomic mass is 16.1. The molecular formula is C22H22N6O. The summed E-state index contributed by atoms with van der Waals surface area (Å²) in [5, 5.41) is 9.23. The summed E-state index contributed by atoms with van der Waals surface area (Å²) in [4.78, 5) is 20.3. The van der Waals surface area contributed by atoms with Crippen LogP contribution in [-0.4, -0.2) is 27.5 Å². The quantitative estimate of drug-likeness (QED) is 0.462. The van der Waals surface area contributed by atoms with Gasteiger partial charge in [0, 0.05) is 31.4 Å². The fourth-order valence-electron chi connectivity index (χ4n) is 3.20. The number of hydrogen-bond donors (Lipinski definition) is 3. The molecule has 0 saturated heterocycles. The van der Waals surface area contributed by atoms with Crippen LogP contribution in [0, 0.1) is 0 Å². The Hall–Kier alpha value is -3.87. The van der Waals surface area contributed by atoms with E-state index in [1.807, 2.05) is 55.6 Å². The summed E-state index contributed by atoms with van der Waals surface area (Å²) >= 11 is 0. The Morgan fingerprint density at radius 1 is 1.03 bits per heavy atom. The van der Waals surface area contributed by atoms with Gasteiger partial charge in [-0.25, -0.2) is 9.97 Å². The summed E-state index contributed by atoms with van der Waals surface area (Å²) < 4.78 is 2.14. The van der Waals surface area contributed by atoms with Gasteiger partial charge in [0.05, 0.1) is 18.3 Å². The Balaban J connectivity index is 1.62. The number of anilines is 4. The van der Waals surface area contributed by atoms with Crippen molar-refractivity contribution in [2.75, 3.05) is 23.0 Å². The lowest BCUT2D eigenvalue weighted by Crippen LogP contribution is -2.05. The van der Waals surface area contributed by atoms with Crippen molar-refractivity contribution >= 4 is 40.1 Å². The lowest BCUT2D eigenvalue weighted by molar-refractivity contribution is -0.114. The second-order valence-electron chi connectivity index (χ2n) is 6.70. The van der Waals surface area contributed by atoms with E-state index < -0.39 is 0 Å². The van der Waals surface area contributed by atoms with Crippen LogP contribution in [0.2, 0.25) is 0 Å². The summed E-state index contributed by atoms with van der Waals surface area (Å²) in [6, 6.07) is 19.8. The molecule has 1 amide bonds. The van der Waals surface area contributed by atoms with Crippen molar-refractivity contribution in [1.29, 1.82) is 0 Å². The number of benzene rings is 2. The standard InChI is InChI=1S/C22H22N6O/c1-15(29)25-17-8-10-18(11-9-17)26-21-12-20-19(13-24-21)27-22(23-2)28(20)14-16-6-4-3-5-7-16/h3-13H,14H2,1-2H3,(H,23,27)(H,24,26)(H,25,29). The minimum absolute atomic E-state index is 0.0927. The minimum Gasteiger partial charge on any atom is -0.359 e. The van der Waals surface area contributed by atoms with Crippen molar-refractivity contribution in [3.05, 3.63) is 72.4 Å². The molecule has 0 saturated carbocycles. The van der Waals surface area contributed by atoms with Gasteiger partial charge in [0.15, 0.2) is 0 Å². The molecule has 2 heterocycles. The van der Waals surface area contributed by atoms with Gasteiger partial charge < -0.3 is 20.5 Å². The maximum atomic E-state index is 11.2. The highest BCUT2D eigenvalue weighted by molar-refractivity contribution is 5.89. The predicted molar refractivity (Wildman–Crippen MR) is 117 cm³/mol. The van der Waals surface area contributed by atoms with E-state index in [9.17, 15) is 4.79 Å². The normalized spacial score (nSPS) is 10.7. The van der Waals surface area contributed by atoms with Crippen LogP contribution in [0.25, 0.3) is 11.0 Å². The van der Waals surface area contributed by atoms with E-state index >= 15 is 0 Å². The third-order valence-corrected chi connectivity index (χ3v) is 4.52. The molecule has 0 aliphatic carbocycles. The SMILES string of the molecule is CNc1nc2cnc(Nc3ccc(NC(C)=O)cc3)cc2n1Cc1ccccc1. The van der Waals surface area contributed by atoms with Crippen molar-refractivity contribution in [3.63, 3.8) is 0 Å². The number of nitrogens with one attached hydrogen (secondary N) is 3. The highest BCUT2D eigenvalue weighted by Crippen LogP contribution is 2.25. The van der Waals surface area contributed by atoms with Crippen LogP contribution in [0.5, 0.6) is 0 Å². The van der Waals surface area contributed by atoms with Crippen molar-refractivity contribution in [3.8, 4) is 0 Å². The lowest BCUT2D eigenvalue weighted by atomic mass is 10.2. The van der Waals surface area contributed by atoms with Crippen LogP contribution < -0.4 is 16.0 Å². The molecule has 146 valence electrons. The molecule has 3 N–H and O–H groups in total. The molecule has 0 radical (unpaired) electrons. The molecule has 2 aromatic carbocycles. The topological polar surface area (TPSA) is 83.9 Å². The van der Waals surface area contributed by atoms with Gasteiger partial charge in [0.25, 0.3) is 0 Å². The maximum absolute atomic E-state index is 11.2. The van der Waals surface area contributed by atoms with Gasteiger partial charge in [0.2, 0.25) is 11.9 Å².